The lowest BCUT2D eigenvalue weighted by Crippen LogP contribution is -2.38. The zero-order valence-corrected chi connectivity index (χ0v) is 14.7. The molecule has 0 spiro atoms. The first-order valence-corrected chi connectivity index (χ1v) is 8.45. The highest BCUT2D eigenvalue weighted by Crippen LogP contribution is 2.49. The SMILES string of the molecule is COc1c(Cl)cc(NC(=O)N2C[C@@H]3CCC[C@@]3(C(=O)O)C2)cc1Cl. The van der Waals surface area contributed by atoms with E-state index in [9.17, 15) is 14.7 Å². The summed E-state index contributed by atoms with van der Waals surface area (Å²) in [6.45, 7) is 0.687. The van der Waals surface area contributed by atoms with E-state index in [4.69, 9.17) is 27.9 Å². The number of urea groups is 1. The van der Waals surface area contributed by atoms with Gasteiger partial charge in [0, 0.05) is 18.8 Å². The summed E-state index contributed by atoms with van der Waals surface area (Å²) in [6, 6.07) is 2.75. The van der Waals surface area contributed by atoms with Gasteiger partial charge < -0.3 is 20.1 Å². The van der Waals surface area contributed by atoms with E-state index < -0.39 is 11.4 Å². The average molecular weight is 373 g/mol. The highest BCUT2D eigenvalue weighted by molar-refractivity contribution is 6.37. The minimum Gasteiger partial charge on any atom is -0.494 e. The number of likely N-dealkylation sites (tertiary alicyclic amines) is 1. The Balaban J connectivity index is 1.74. The lowest BCUT2D eigenvalue weighted by molar-refractivity contribution is -0.149. The fourth-order valence-electron chi connectivity index (χ4n) is 3.82. The van der Waals surface area contributed by atoms with Gasteiger partial charge in [-0.3, -0.25) is 4.79 Å². The van der Waals surface area contributed by atoms with Crippen LogP contribution in [0.2, 0.25) is 10.0 Å². The van der Waals surface area contributed by atoms with Crippen molar-refractivity contribution in [3.05, 3.63) is 22.2 Å². The Bertz CT molecular complexity index is 674. The van der Waals surface area contributed by atoms with Gasteiger partial charge in [0.25, 0.3) is 0 Å². The summed E-state index contributed by atoms with van der Waals surface area (Å²) in [7, 11) is 1.46. The van der Waals surface area contributed by atoms with Crippen LogP contribution in [0.1, 0.15) is 19.3 Å². The van der Waals surface area contributed by atoms with Crippen LogP contribution in [-0.2, 0) is 4.79 Å². The third-order valence-corrected chi connectivity index (χ3v) is 5.60. The van der Waals surface area contributed by atoms with E-state index >= 15 is 0 Å². The van der Waals surface area contributed by atoms with Crippen molar-refractivity contribution >= 4 is 40.9 Å². The van der Waals surface area contributed by atoms with Crippen molar-refractivity contribution < 1.29 is 19.4 Å². The van der Waals surface area contributed by atoms with Crippen LogP contribution in [-0.4, -0.2) is 42.2 Å². The standard InChI is InChI=1S/C16H18Cl2N2O4/c1-24-13-11(17)5-10(6-12(13)18)19-15(23)20-7-9-3-2-4-16(9,8-20)14(21)22/h5-6,9H,2-4,7-8H2,1H3,(H,19,23)(H,21,22)/t9-,16+/m0/s1. The molecule has 6 nitrogen and oxygen atoms in total. The Kier molecular flexibility index (Phi) is 4.53. The molecule has 1 aliphatic heterocycles. The molecular formula is C16H18Cl2N2O4. The number of fused-ring (bicyclic) bond motifs is 1. The smallest absolute Gasteiger partial charge is 0.321 e. The normalized spacial score (nSPS) is 25.5. The first-order valence-electron chi connectivity index (χ1n) is 7.70. The summed E-state index contributed by atoms with van der Waals surface area (Å²) >= 11 is 12.1. The molecule has 1 aromatic rings. The first kappa shape index (κ1) is 17.2. The van der Waals surface area contributed by atoms with Crippen LogP contribution >= 0.6 is 23.2 Å². The Hall–Kier alpha value is -1.66. The second kappa shape index (κ2) is 6.33. The molecule has 1 saturated heterocycles. The molecule has 3 rings (SSSR count). The van der Waals surface area contributed by atoms with Gasteiger partial charge in [-0.25, -0.2) is 4.79 Å². The zero-order chi connectivity index (χ0) is 17.5. The van der Waals surface area contributed by atoms with E-state index in [1.54, 1.807) is 17.0 Å². The lowest BCUT2D eigenvalue weighted by Gasteiger charge is -2.23. The van der Waals surface area contributed by atoms with Crippen molar-refractivity contribution in [3.8, 4) is 5.75 Å². The summed E-state index contributed by atoms with van der Waals surface area (Å²) in [6.07, 6.45) is 2.36. The molecule has 24 heavy (non-hydrogen) atoms. The third-order valence-electron chi connectivity index (χ3n) is 5.04. The van der Waals surface area contributed by atoms with Crippen molar-refractivity contribution in [1.82, 2.24) is 4.90 Å². The van der Waals surface area contributed by atoms with E-state index in [1.807, 2.05) is 0 Å². The number of carbonyl (C=O) groups excluding carboxylic acids is 1. The molecule has 2 aliphatic rings. The number of rotatable bonds is 3. The van der Waals surface area contributed by atoms with Gasteiger partial charge in [-0.1, -0.05) is 29.6 Å². The van der Waals surface area contributed by atoms with Gasteiger partial charge in [-0.15, -0.1) is 0 Å². The second-order valence-corrected chi connectivity index (χ2v) is 7.15. The van der Waals surface area contributed by atoms with E-state index in [1.165, 1.54) is 7.11 Å². The monoisotopic (exact) mass is 372 g/mol. The van der Waals surface area contributed by atoms with Crippen LogP contribution in [0.15, 0.2) is 12.1 Å². The number of benzene rings is 1. The Labute approximate surface area is 149 Å². The predicted molar refractivity (Wildman–Crippen MR) is 91.0 cm³/mol. The number of carbonyl (C=O) groups is 2. The fraction of sp³-hybridized carbons (Fsp3) is 0.500. The number of halogens is 2. The van der Waals surface area contributed by atoms with E-state index in [0.29, 0.717) is 34.4 Å². The van der Waals surface area contributed by atoms with Gasteiger partial charge in [0.2, 0.25) is 0 Å². The van der Waals surface area contributed by atoms with E-state index in [2.05, 4.69) is 5.32 Å². The second-order valence-electron chi connectivity index (χ2n) is 6.33. The van der Waals surface area contributed by atoms with Crippen LogP contribution < -0.4 is 10.1 Å². The van der Waals surface area contributed by atoms with Crippen LogP contribution in [0, 0.1) is 11.3 Å². The van der Waals surface area contributed by atoms with Crippen molar-refractivity contribution in [2.75, 3.05) is 25.5 Å². The number of hydrogen-bond acceptors (Lipinski definition) is 3. The van der Waals surface area contributed by atoms with Crippen LogP contribution in [0.5, 0.6) is 5.75 Å². The van der Waals surface area contributed by atoms with E-state index in [-0.39, 0.29) is 18.5 Å². The minimum absolute atomic E-state index is 0.0174. The third kappa shape index (κ3) is 2.78. The Morgan fingerprint density at radius 3 is 2.58 bits per heavy atom. The summed E-state index contributed by atoms with van der Waals surface area (Å²) < 4.78 is 5.07. The summed E-state index contributed by atoms with van der Waals surface area (Å²) in [5, 5.41) is 12.9. The van der Waals surface area contributed by atoms with Crippen LogP contribution in [0.3, 0.4) is 0 Å². The van der Waals surface area contributed by atoms with Crippen molar-refractivity contribution in [3.63, 3.8) is 0 Å². The maximum absolute atomic E-state index is 12.5. The molecular weight excluding hydrogens is 355 g/mol. The summed E-state index contributed by atoms with van der Waals surface area (Å²) in [4.78, 5) is 25.7. The molecule has 2 fully saturated rings. The topological polar surface area (TPSA) is 78.9 Å². The van der Waals surface area contributed by atoms with E-state index in [0.717, 1.165) is 12.8 Å². The molecule has 0 aromatic heterocycles. The van der Waals surface area contributed by atoms with Gasteiger partial charge in [0.1, 0.15) is 0 Å². The molecule has 2 N–H and O–H groups in total. The quantitative estimate of drug-likeness (QED) is 0.847. The minimum atomic E-state index is -0.809. The number of hydrogen-bond donors (Lipinski definition) is 2. The number of methoxy groups -OCH3 is 1. The molecule has 1 aromatic carbocycles. The number of carboxylic acids is 1. The number of aliphatic carboxylic acids is 1. The number of nitrogens with zero attached hydrogens (tertiary/aromatic N) is 1. The molecule has 2 atom stereocenters. The molecule has 1 aliphatic carbocycles. The largest absolute Gasteiger partial charge is 0.494 e. The molecule has 1 heterocycles. The van der Waals surface area contributed by atoms with Crippen molar-refractivity contribution in [2.24, 2.45) is 11.3 Å². The maximum atomic E-state index is 12.5. The zero-order valence-electron chi connectivity index (χ0n) is 13.1. The Morgan fingerprint density at radius 1 is 1.38 bits per heavy atom. The average Bonchev–Trinajstić information content (AvgIpc) is 3.04. The van der Waals surface area contributed by atoms with Crippen molar-refractivity contribution in [2.45, 2.75) is 19.3 Å². The molecule has 0 bridgehead atoms. The summed E-state index contributed by atoms with van der Waals surface area (Å²) in [5.74, 6) is -0.448. The highest BCUT2D eigenvalue weighted by Gasteiger charge is 2.55. The first-order chi connectivity index (χ1) is 11.4. The molecule has 8 heteroatoms. The van der Waals surface area contributed by atoms with Gasteiger partial charge in [-0.05, 0) is 30.9 Å². The molecule has 2 amide bonds. The number of nitrogens with one attached hydrogen (secondary N) is 1. The molecule has 0 radical (unpaired) electrons. The number of ether oxygens (including phenoxy) is 1. The van der Waals surface area contributed by atoms with Gasteiger partial charge >= 0.3 is 12.0 Å². The summed E-state index contributed by atoms with van der Waals surface area (Å²) in [5.41, 5.74) is -0.357. The molecule has 1 saturated carbocycles. The maximum Gasteiger partial charge on any atom is 0.321 e. The van der Waals surface area contributed by atoms with Crippen molar-refractivity contribution in [1.29, 1.82) is 0 Å². The van der Waals surface area contributed by atoms with Gasteiger partial charge in [0.15, 0.2) is 5.75 Å². The predicted octanol–water partition coefficient (Wildman–Crippen LogP) is 3.72. The number of carboxylic acid groups (broad SMARTS) is 1. The Morgan fingerprint density at radius 2 is 2.04 bits per heavy atom. The van der Waals surface area contributed by atoms with Crippen LogP contribution in [0.4, 0.5) is 10.5 Å². The fourth-order valence-corrected chi connectivity index (χ4v) is 4.46. The lowest BCUT2D eigenvalue weighted by atomic mass is 9.81. The molecule has 130 valence electrons. The molecule has 0 unspecified atom stereocenters. The number of amides is 2. The van der Waals surface area contributed by atoms with Gasteiger partial charge in [-0.2, -0.15) is 0 Å². The van der Waals surface area contributed by atoms with Gasteiger partial charge in [0.05, 0.1) is 22.6 Å². The number of anilines is 1. The highest BCUT2D eigenvalue weighted by atomic mass is 35.5. The van der Waals surface area contributed by atoms with Crippen LogP contribution in [0.25, 0.3) is 0 Å².